The summed E-state index contributed by atoms with van der Waals surface area (Å²) in [5.41, 5.74) is 0. The smallest absolute Gasteiger partial charge is 0.0700 e. The van der Waals surface area contributed by atoms with E-state index in [1.165, 1.54) is 4.90 Å². The van der Waals surface area contributed by atoms with Crippen LogP contribution in [0, 0.1) is 0 Å². The Hall–Kier alpha value is -0.730. The van der Waals surface area contributed by atoms with Gasteiger partial charge in [0.15, 0.2) is 0 Å². The number of rotatable bonds is 3. The average Bonchev–Trinajstić information content (AvgIpc) is 2.05. The molecule has 0 aliphatic carbocycles. The Labute approximate surface area is 77.1 Å². The highest BCUT2D eigenvalue weighted by molar-refractivity contribution is 8.02. The van der Waals surface area contributed by atoms with Crippen LogP contribution in [0.15, 0.2) is 46.7 Å². The SMILES string of the molecule is CC(O)/C=C/Sc1ccccc1. The first-order valence-electron chi connectivity index (χ1n) is 3.85. The summed E-state index contributed by atoms with van der Waals surface area (Å²) in [4.78, 5) is 1.19. The molecule has 0 amide bonds. The Morgan fingerprint density at radius 2 is 2.00 bits per heavy atom. The van der Waals surface area contributed by atoms with E-state index in [1.54, 1.807) is 24.8 Å². The highest BCUT2D eigenvalue weighted by Crippen LogP contribution is 2.17. The summed E-state index contributed by atoms with van der Waals surface area (Å²) in [6, 6.07) is 10.1. The Kier molecular flexibility index (Phi) is 3.91. The van der Waals surface area contributed by atoms with E-state index in [4.69, 9.17) is 5.11 Å². The van der Waals surface area contributed by atoms with Crippen LogP contribution >= 0.6 is 11.8 Å². The largest absolute Gasteiger partial charge is 0.389 e. The zero-order chi connectivity index (χ0) is 8.81. The van der Waals surface area contributed by atoms with Crippen molar-refractivity contribution in [2.45, 2.75) is 17.9 Å². The van der Waals surface area contributed by atoms with Crippen molar-refractivity contribution in [2.24, 2.45) is 0 Å². The fraction of sp³-hybridized carbons (Fsp3) is 0.200. The number of aliphatic hydroxyl groups excluding tert-OH is 1. The Morgan fingerprint density at radius 1 is 1.33 bits per heavy atom. The van der Waals surface area contributed by atoms with E-state index in [0.717, 1.165) is 0 Å². The van der Waals surface area contributed by atoms with Gasteiger partial charge in [-0.1, -0.05) is 30.0 Å². The van der Waals surface area contributed by atoms with E-state index in [2.05, 4.69) is 0 Å². The molecule has 0 saturated heterocycles. The van der Waals surface area contributed by atoms with Gasteiger partial charge in [-0.25, -0.2) is 0 Å². The molecular weight excluding hydrogens is 168 g/mol. The molecular formula is C10H12OS. The molecule has 2 heteroatoms. The molecule has 0 saturated carbocycles. The second-order valence-electron chi connectivity index (χ2n) is 2.50. The number of hydrogen-bond donors (Lipinski definition) is 1. The zero-order valence-electron chi connectivity index (χ0n) is 6.97. The van der Waals surface area contributed by atoms with Gasteiger partial charge >= 0.3 is 0 Å². The molecule has 0 fully saturated rings. The van der Waals surface area contributed by atoms with Crippen molar-refractivity contribution < 1.29 is 5.11 Å². The topological polar surface area (TPSA) is 20.2 Å². The van der Waals surface area contributed by atoms with E-state index >= 15 is 0 Å². The Balaban J connectivity index is 2.43. The normalized spacial score (nSPS) is 13.5. The predicted octanol–water partition coefficient (Wildman–Crippen LogP) is 2.67. The Bertz CT molecular complexity index is 241. The first-order chi connectivity index (χ1) is 5.79. The van der Waals surface area contributed by atoms with Crippen LogP contribution in [-0.2, 0) is 0 Å². The second-order valence-corrected chi connectivity index (χ2v) is 3.48. The van der Waals surface area contributed by atoms with Crippen LogP contribution in [0.1, 0.15) is 6.92 Å². The third-order valence-corrected chi connectivity index (χ3v) is 2.14. The van der Waals surface area contributed by atoms with E-state index in [1.807, 2.05) is 35.7 Å². The van der Waals surface area contributed by atoms with E-state index in [-0.39, 0.29) is 6.10 Å². The number of hydrogen-bond acceptors (Lipinski definition) is 2. The molecule has 1 aromatic carbocycles. The van der Waals surface area contributed by atoms with Crippen molar-refractivity contribution in [3.63, 3.8) is 0 Å². The van der Waals surface area contributed by atoms with Crippen molar-refractivity contribution >= 4 is 11.8 Å². The van der Waals surface area contributed by atoms with Gasteiger partial charge < -0.3 is 5.11 Å². The maximum absolute atomic E-state index is 8.93. The molecule has 0 aromatic heterocycles. The predicted molar refractivity (Wildman–Crippen MR) is 53.1 cm³/mol. The van der Waals surface area contributed by atoms with Crippen LogP contribution in [0.5, 0.6) is 0 Å². The maximum Gasteiger partial charge on any atom is 0.0700 e. The van der Waals surface area contributed by atoms with E-state index < -0.39 is 0 Å². The van der Waals surface area contributed by atoms with Gasteiger partial charge in [-0.15, -0.1) is 0 Å². The minimum atomic E-state index is -0.360. The van der Waals surface area contributed by atoms with Gasteiger partial charge in [0.1, 0.15) is 0 Å². The highest BCUT2D eigenvalue weighted by Gasteiger charge is 1.88. The van der Waals surface area contributed by atoms with E-state index in [0.29, 0.717) is 0 Å². The third-order valence-electron chi connectivity index (χ3n) is 1.30. The Morgan fingerprint density at radius 3 is 2.58 bits per heavy atom. The van der Waals surface area contributed by atoms with Gasteiger partial charge in [0.2, 0.25) is 0 Å². The molecule has 12 heavy (non-hydrogen) atoms. The third kappa shape index (κ3) is 3.60. The van der Waals surface area contributed by atoms with Crippen LogP contribution < -0.4 is 0 Å². The first-order valence-corrected chi connectivity index (χ1v) is 4.73. The van der Waals surface area contributed by atoms with Crippen LogP contribution in [0.25, 0.3) is 0 Å². The molecule has 0 heterocycles. The summed E-state index contributed by atoms with van der Waals surface area (Å²) in [6.45, 7) is 1.74. The van der Waals surface area contributed by atoms with Crippen molar-refractivity contribution in [2.75, 3.05) is 0 Å². The van der Waals surface area contributed by atoms with E-state index in [9.17, 15) is 0 Å². The standard InChI is InChI=1S/C10H12OS/c1-9(11)7-8-12-10-5-3-2-4-6-10/h2-9,11H,1H3/b8-7+. The van der Waals surface area contributed by atoms with Gasteiger partial charge in [0, 0.05) is 4.90 Å². The number of benzene rings is 1. The van der Waals surface area contributed by atoms with Crippen LogP contribution in [0.3, 0.4) is 0 Å². The van der Waals surface area contributed by atoms with Crippen molar-refractivity contribution in [1.82, 2.24) is 0 Å². The lowest BCUT2D eigenvalue weighted by atomic mass is 10.4. The summed E-state index contributed by atoms with van der Waals surface area (Å²) in [5.74, 6) is 0. The second kappa shape index (κ2) is 5.01. The molecule has 1 aromatic rings. The van der Waals surface area contributed by atoms with Crippen LogP contribution in [0.4, 0.5) is 0 Å². The fourth-order valence-corrected chi connectivity index (χ4v) is 1.51. The molecule has 0 spiro atoms. The molecule has 0 aliphatic rings. The first kappa shape index (κ1) is 9.36. The average molecular weight is 180 g/mol. The molecule has 1 atom stereocenters. The lowest BCUT2D eigenvalue weighted by Crippen LogP contribution is -1.90. The highest BCUT2D eigenvalue weighted by atomic mass is 32.2. The van der Waals surface area contributed by atoms with Gasteiger partial charge in [0.25, 0.3) is 0 Å². The molecule has 64 valence electrons. The van der Waals surface area contributed by atoms with Gasteiger partial charge in [-0.3, -0.25) is 0 Å². The fourth-order valence-electron chi connectivity index (χ4n) is 0.731. The summed E-state index contributed by atoms with van der Waals surface area (Å²) in [7, 11) is 0. The summed E-state index contributed by atoms with van der Waals surface area (Å²) < 4.78 is 0. The lowest BCUT2D eigenvalue weighted by Gasteiger charge is -1.95. The molecule has 1 N–H and O–H groups in total. The quantitative estimate of drug-likeness (QED) is 0.722. The van der Waals surface area contributed by atoms with Crippen molar-refractivity contribution in [1.29, 1.82) is 0 Å². The summed E-state index contributed by atoms with van der Waals surface area (Å²) in [5, 5.41) is 10.8. The number of aliphatic hydroxyl groups is 1. The minimum absolute atomic E-state index is 0.360. The maximum atomic E-state index is 8.93. The van der Waals surface area contributed by atoms with Crippen LogP contribution in [-0.4, -0.2) is 11.2 Å². The lowest BCUT2D eigenvalue weighted by molar-refractivity contribution is 0.244. The summed E-state index contributed by atoms with van der Waals surface area (Å²) in [6.07, 6.45) is 1.40. The van der Waals surface area contributed by atoms with Crippen molar-refractivity contribution in [3.05, 3.63) is 41.8 Å². The molecule has 1 unspecified atom stereocenters. The zero-order valence-corrected chi connectivity index (χ0v) is 7.79. The number of thioether (sulfide) groups is 1. The van der Waals surface area contributed by atoms with Crippen LogP contribution in [0.2, 0.25) is 0 Å². The molecule has 1 rings (SSSR count). The van der Waals surface area contributed by atoms with Gasteiger partial charge in [0.05, 0.1) is 6.10 Å². The monoisotopic (exact) mass is 180 g/mol. The molecule has 0 aliphatic heterocycles. The van der Waals surface area contributed by atoms with Gasteiger partial charge in [-0.05, 0) is 30.5 Å². The minimum Gasteiger partial charge on any atom is -0.389 e. The summed E-state index contributed by atoms with van der Waals surface area (Å²) >= 11 is 1.61. The molecule has 1 nitrogen and oxygen atoms in total. The van der Waals surface area contributed by atoms with Gasteiger partial charge in [-0.2, -0.15) is 0 Å². The van der Waals surface area contributed by atoms with Crippen molar-refractivity contribution in [3.8, 4) is 0 Å². The molecule has 0 bridgehead atoms. The molecule has 0 radical (unpaired) electrons.